The Hall–Kier alpha value is -2.47. The molecule has 4 N–H and O–H groups in total. The average molecular weight is 315 g/mol. The predicted octanol–water partition coefficient (Wildman–Crippen LogP) is 2.31. The van der Waals surface area contributed by atoms with Gasteiger partial charge in [-0.1, -0.05) is 30.3 Å². The molecule has 0 aliphatic carbocycles. The van der Waals surface area contributed by atoms with Crippen molar-refractivity contribution in [2.45, 2.75) is 4.90 Å². The maximum atomic E-state index is 11.9. The number of anilines is 2. The van der Waals surface area contributed by atoms with Crippen LogP contribution >= 0.6 is 11.8 Å². The fourth-order valence-corrected chi connectivity index (χ4v) is 2.56. The number of benzene rings is 2. The third kappa shape index (κ3) is 5.14. The Morgan fingerprint density at radius 1 is 1.00 bits per heavy atom. The van der Waals surface area contributed by atoms with E-state index in [1.165, 1.54) is 11.8 Å². The Bertz CT molecular complexity index is 647. The van der Waals surface area contributed by atoms with Crippen LogP contribution < -0.4 is 16.4 Å². The molecule has 0 atom stereocenters. The summed E-state index contributed by atoms with van der Waals surface area (Å²) in [6, 6.07) is 16.7. The van der Waals surface area contributed by atoms with Crippen LogP contribution in [0.25, 0.3) is 0 Å². The van der Waals surface area contributed by atoms with Crippen LogP contribution in [-0.4, -0.2) is 24.1 Å². The van der Waals surface area contributed by atoms with Crippen LogP contribution in [0.5, 0.6) is 0 Å². The molecule has 0 aromatic heterocycles. The molecular weight excluding hydrogens is 298 g/mol. The highest BCUT2D eigenvalue weighted by atomic mass is 32.2. The summed E-state index contributed by atoms with van der Waals surface area (Å²) in [6.07, 6.45) is 0. The Labute approximate surface area is 133 Å². The fraction of sp³-hybridized carbons (Fsp3) is 0.125. The summed E-state index contributed by atoms with van der Waals surface area (Å²) in [5.74, 6) is -0.308. The van der Waals surface area contributed by atoms with Crippen LogP contribution in [0.4, 0.5) is 11.4 Å². The highest BCUT2D eigenvalue weighted by molar-refractivity contribution is 8.00. The zero-order valence-corrected chi connectivity index (χ0v) is 12.7. The first-order valence-corrected chi connectivity index (χ1v) is 7.72. The molecule has 0 heterocycles. The second kappa shape index (κ2) is 8.09. The van der Waals surface area contributed by atoms with Crippen LogP contribution in [-0.2, 0) is 9.59 Å². The van der Waals surface area contributed by atoms with E-state index in [9.17, 15) is 9.59 Å². The van der Waals surface area contributed by atoms with Crippen molar-refractivity contribution < 1.29 is 9.59 Å². The lowest BCUT2D eigenvalue weighted by molar-refractivity contribution is -0.116. The van der Waals surface area contributed by atoms with E-state index < -0.39 is 0 Å². The van der Waals surface area contributed by atoms with Gasteiger partial charge < -0.3 is 16.4 Å². The third-order valence-corrected chi connectivity index (χ3v) is 3.85. The molecular formula is C16H17N3O2S. The molecule has 22 heavy (non-hydrogen) atoms. The number of amides is 2. The van der Waals surface area contributed by atoms with Gasteiger partial charge in [-0.25, -0.2) is 0 Å². The number of carbonyl (C=O) groups excluding carboxylic acids is 2. The van der Waals surface area contributed by atoms with E-state index in [4.69, 9.17) is 5.73 Å². The minimum atomic E-state index is -0.373. The molecule has 0 aliphatic heterocycles. The zero-order valence-electron chi connectivity index (χ0n) is 11.9. The lowest BCUT2D eigenvalue weighted by Crippen LogP contribution is -2.22. The second-order valence-electron chi connectivity index (χ2n) is 4.52. The molecule has 0 fully saturated rings. The van der Waals surface area contributed by atoms with Gasteiger partial charge in [-0.3, -0.25) is 9.59 Å². The van der Waals surface area contributed by atoms with Crippen molar-refractivity contribution in [3.05, 3.63) is 54.6 Å². The quantitative estimate of drug-likeness (QED) is 0.685. The van der Waals surface area contributed by atoms with Gasteiger partial charge in [0.2, 0.25) is 11.8 Å². The SMILES string of the molecule is NC(=O)CSc1ccccc1NCC(=O)Nc1ccccc1. The van der Waals surface area contributed by atoms with E-state index in [2.05, 4.69) is 10.6 Å². The van der Waals surface area contributed by atoms with E-state index in [-0.39, 0.29) is 24.1 Å². The number of primary amides is 1. The number of para-hydroxylation sites is 2. The van der Waals surface area contributed by atoms with E-state index in [0.717, 1.165) is 16.3 Å². The molecule has 0 bridgehead atoms. The summed E-state index contributed by atoms with van der Waals surface area (Å²) in [5.41, 5.74) is 6.71. The number of rotatable bonds is 7. The van der Waals surface area contributed by atoms with E-state index in [0.29, 0.717) is 0 Å². The minimum Gasteiger partial charge on any atom is -0.375 e. The fourth-order valence-electron chi connectivity index (χ4n) is 1.79. The van der Waals surface area contributed by atoms with Crippen molar-refractivity contribution >= 4 is 35.0 Å². The smallest absolute Gasteiger partial charge is 0.243 e. The van der Waals surface area contributed by atoms with Gasteiger partial charge in [-0.15, -0.1) is 11.8 Å². The number of hydrogen-bond donors (Lipinski definition) is 3. The third-order valence-electron chi connectivity index (χ3n) is 2.75. The molecule has 2 rings (SSSR count). The van der Waals surface area contributed by atoms with Gasteiger partial charge in [-0.2, -0.15) is 0 Å². The van der Waals surface area contributed by atoms with Gasteiger partial charge in [0, 0.05) is 16.3 Å². The van der Waals surface area contributed by atoms with Crippen molar-refractivity contribution in [1.82, 2.24) is 0 Å². The summed E-state index contributed by atoms with van der Waals surface area (Å²) in [6.45, 7) is 0.142. The summed E-state index contributed by atoms with van der Waals surface area (Å²) in [5, 5.41) is 5.87. The van der Waals surface area contributed by atoms with Gasteiger partial charge >= 0.3 is 0 Å². The van der Waals surface area contributed by atoms with Crippen molar-refractivity contribution in [2.24, 2.45) is 5.73 Å². The maximum Gasteiger partial charge on any atom is 0.243 e. The van der Waals surface area contributed by atoms with Gasteiger partial charge in [0.25, 0.3) is 0 Å². The number of thioether (sulfide) groups is 1. The van der Waals surface area contributed by atoms with Crippen LogP contribution in [0.3, 0.4) is 0 Å². The molecule has 2 aromatic rings. The average Bonchev–Trinajstić information content (AvgIpc) is 2.52. The number of hydrogen-bond acceptors (Lipinski definition) is 4. The lowest BCUT2D eigenvalue weighted by Gasteiger charge is -2.11. The monoisotopic (exact) mass is 315 g/mol. The first kappa shape index (κ1) is 15.9. The molecule has 2 amide bonds. The summed E-state index contributed by atoms with van der Waals surface area (Å²) < 4.78 is 0. The van der Waals surface area contributed by atoms with E-state index in [1.54, 1.807) is 0 Å². The van der Waals surface area contributed by atoms with E-state index >= 15 is 0 Å². The second-order valence-corrected chi connectivity index (χ2v) is 5.54. The molecule has 2 aromatic carbocycles. The Morgan fingerprint density at radius 3 is 2.41 bits per heavy atom. The molecule has 114 valence electrons. The molecule has 5 nitrogen and oxygen atoms in total. The van der Waals surface area contributed by atoms with Crippen LogP contribution in [0, 0.1) is 0 Å². The van der Waals surface area contributed by atoms with Crippen molar-refractivity contribution in [3.8, 4) is 0 Å². The molecule has 0 radical (unpaired) electrons. The lowest BCUT2D eigenvalue weighted by atomic mass is 10.3. The zero-order chi connectivity index (χ0) is 15.8. The highest BCUT2D eigenvalue weighted by Gasteiger charge is 2.06. The van der Waals surface area contributed by atoms with Crippen LogP contribution in [0.15, 0.2) is 59.5 Å². The first-order valence-electron chi connectivity index (χ1n) is 6.74. The van der Waals surface area contributed by atoms with Crippen LogP contribution in [0.1, 0.15) is 0 Å². The van der Waals surface area contributed by atoms with E-state index in [1.807, 2.05) is 54.6 Å². The topological polar surface area (TPSA) is 84.2 Å². The summed E-state index contributed by atoms with van der Waals surface area (Å²) >= 11 is 1.34. The van der Waals surface area contributed by atoms with Crippen LogP contribution in [0.2, 0.25) is 0 Å². The first-order chi connectivity index (χ1) is 10.6. The molecule has 0 aliphatic rings. The van der Waals surface area contributed by atoms with Gasteiger partial charge in [-0.05, 0) is 24.3 Å². The Morgan fingerprint density at radius 2 is 1.68 bits per heavy atom. The van der Waals surface area contributed by atoms with Gasteiger partial charge in [0.1, 0.15) is 0 Å². The minimum absolute atomic E-state index is 0.138. The highest BCUT2D eigenvalue weighted by Crippen LogP contribution is 2.26. The summed E-state index contributed by atoms with van der Waals surface area (Å²) in [7, 11) is 0. The predicted molar refractivity (Wildman–Crippen MR) is 89.9 cm³/mol. The largest absolute Gasteiger partial charge is 0.375 e. The maximum absolute atomic E-state index is 11.9. The number of nitrogens with two attached hydrogens (primary N) is 1. The van der Waals surface area contributed by atoms with Crippen molar-refractivity contribution in [2.75, 3.05) is 22.9 Å². The van der Waals surface area contributed by atoms with Gasteiger partial charge in [0.15, 0.2) is 0 Å². The van der Waals surface area contributed by atoms with Gasteiger partial charge in [0.05, 0.1) is 12.3 Å². The molecule has 0 saturated heterocycles. The normalized spacial score (nSPS) is 10.0. The Balaban J connectivity index is 1.91. The number of nitrogens with one attached hydrogen (secondary N) is 2. The summed E-state index contributed by atoms with van der Waals surface area (Å²) in [4.78, 5) is 23.7. The van der Waals surface area contributed by atoms with Crippen molar-refractivity contribution in [3.63, 3.8) is 0 Å². The standard InChI is InChI=1S/C16H17N3O2S/c17-15(20)11-22-14-9-5-4-8-13(14)18-10-16(21)19-12-6-2-1-3-7-12/h1-9,18H,10-11H2,(H2,17,20)(H,19,21). The molecule has 6 heteroatoms. The van der Waals surface area contributed by atoms with Crippen molar-refractivity contribution in [1.29, 1.82) is 0 Å². The molecule has 0 unspecified atom stereocenters. The molecule has 0 saturated carbocycles. The Kier molecular flexibility index (Phi) is 5.85. The molecule has 0 spiro atoms. The number of carbonyl (C=O) groups is 2.